The number of aliphatic carboxylic acids is 1. The minimum Gasteiger partial charge on any atom is -0.480 e. The largest absolute Gasteiger partial charge is 0.480 e. The molecule has 0 saturated carbocycles. The number of carboxylic acid groups (broad SMARTS) is 1. The number of hydrogen-bond donors (Lipinski definition) is 3. The fourth-order valence-electron chi connectivity index (χ4n) is 4.03. The van der Waals surface area contributed by atoms with E-state index in [-0.39, 0.29) is 30.3 Å². The van der Waals surface area contributed by atoms with E-state index in [9.17, 15) is 23.9 Å². The third kappa shape index (κ3) is 9.56. The summed E-state index contributed by atoms with van der Waals surface area (Å²) >= 11 is 13.3. The SMILES string of the molecule is CSCC[C@@H](C(=O)O)N(C(=O)[C@H](Cc1ccc(F)c(N(CCCl)CCCl)c1)NC(=O)[C@H](C)N)c1ccccc1. The summed E-state index contributed by atoms with van der Waals surface area (Å²) in [6.07, 6.45) is 2.01. The molecular formula is C27H35Cl2FN4O4S. The van der Waals surface area contributed by atoms with Crippen LogP contribution in [0.25, 0.3) is 0 Å². The first-order chi connectivity index (χ1) is 18.6. The molecule has 0 aromatic heterocycles. The first-order valence-corrected chi connectivity index (χ1v) is 14.9. The van der Waals surface area contributed by atoms with Gasteiger partial charge in [0.2, 0.25) is 5.91 Å². The molecule has 2 aromatic rings. The minimum atomic E-state index is -1.17. The van der Waals surface area contributed by atoms with E-state index in [1.54, 1.807) is 41.3 Å². The molecule has 0 heterocycles. The lowest BCUT2D eigenvalue weighted by atomic mass is 10.0. The van der Waals surface area contributed by atoms with E-state index in [1.165, 1.54) is 35.7 Å². The van der Waals surface area contributed by atoms with Gasteiger partial charge in [-0.15, -0.1) is 23.2 Å². The smallest absolute Gasteiger partial charge is 0.326 e. The maximum absolute atomic E-state index is 14.8. The Morgan fingerprint density at radius 3 is 2.28 bits per heavy atom. The molecule has 0 saturated heterocycles. The van der Waals surface area contributed by atoms with E-state index in [4.69, 9.17) is 28.9 Å². The van der Waals surface area contributed by atoms with Crippen LogP contribution in [0.5, 0.6) is 0 Å². The van der Waals surface area contributed by atoms with Crippen LogP contribution in [-0.2, 0) is 20.8 Å². The molecule has 2 rings (SSSR count). The number of nitrogens with two attached hydrogens (primary N) is 1. The summed E-state index contributed by atoms with van der Waals surface area (Å²) in [7, 11) is 0. The van der Waals surface area contributed by atoms with Crippen molar-refractivity contribution in [2.24, 2.45) is 5.73 Å². The number of halogens is 3. The maximum atomic E-state index is 14.8. The Kier molecular flexibility index (Phi) is 13.9. The Bertz CT molecular complexity index is 1090. The normalized spacial score (nSPS) is 13.3. The van der Waals surface area contributed by atoms with Crippen LogP contribution >= 0.6 is 35.0 Å². The topological polar surface area (TPSA) is 116 Å². The average Bonchev–Trinajstić information content (AvgIpc) is 2.91. The predicted molar refractivity (Wildman–Crippen MR) is 158 cm³/mol. The van der Waals surface area contributed by atoms with Gasteiger partial charge >= 0.3 is 5.97 Å². The second-order valence-electron chi connectivity index (χ2n) is 8.88. The molecule has 12 heteroatoms. The molecule has 3 atom stereocenters. The van der Waals surface area contributed by atoms with E-state index in [0.717, 1.165) is 0 Å². The summed E-state index contributed by atoms with van der Waals surface area (Å²) in [4.78, 5) is 42.0. The van der Waals surface area contributed by atoms with E-state index >= 15 is 0 Å². The third-order valence-corrected chi connectivity index (χ3v) is 6.97. The van der Waals surface area contributed by atoms with Gasteiger partial charge in [-0.2, -0.15) is 11.8 Å². The van der Waals surface area contributed by atoms with Crippen LogP contribution in [0.1, 0.15) is 18.9 Å². The molecule has 0 radical (unpaired) electrons. The molecule has 0 aliphatic carbocycles. The number of carbonyl (C=O) groups is 3. The van der Waals surface area contributed by atoms with Crippen molar-refractivity contribution >= 4 is 64.1 Å². The molecule has 0 aliphatic heterocycles. The summed E-state index contributed by atoms with van der Waals surface area (Å²) in [6.45, 7) is 2.20. The van der Waals surface area contributed by atoms with Gasteiger partial charge in [0.25, 0.3) is 5.91 Å². The monoisotopic (exact) mass is 600 g/mol. The van der Waals surface area contributed by atoms with E-state index in [1.807, 2.05) is 6.26 Å². The highest BCUT2D eigenvalue weighted by atomic mass is 35.5. The lowest BCUT2D eigenvalue weighted by Gasteiger charge is -2.33. The maximum Gasteiger partial charge on any atom is 0.326 e. The molecule has 0 unspecified atom stereocenters. The number of hydrogen-bond acceptors (Lipinski definition) is 6. The van der Waals surface area contributed by atoms with Gasteiger partial charge in [-0.05, 0) is 55.2 Å². The Labute approximate surface area is 243 Å². The number of amides is 2. The summed E-state index contributed by atoms with van der Waals surface area (Å²) in [5.74, 6) is -1.83. The van der Waals surface area contributed by atoms with Crippen LogP contribution in [0.15, 0.2) is 48.5 Å². The Morgan fingerprint density at radius 1 is 1.10 bits per heavy atom. The second-order valence-corrected chi connectivity index (χ2v) is 10.6. The highest BCUT2D eigenvalue weighted by Crippen LogP contribution is 2.25. The number of nitrogens with one attached hydrogen (secondary N) is 1. The quantitative estimate of drug-likeness (QED) is 0.251. The van der Waals surface area contributed by atoms with E-state index < -0.39 is 41.7 Å². The number of rotatable bonds is 16. The number of alkyl halides is 2. The van der Waals surface area contributed by atoms with Crippen molar-refractivity contribution in [3.8, 4) is 0 Å². The zero-order valence-electron chi connectivity index (χ0n) is 22.0. The highest BCUT2D eigenvalue weighted by molar-refractivity contribution is 7.98. The first kappa shape index (κ1) is 32.7. The Balaban J connectivity index is 2.55. The highest BCUT2D eigenvalue weighted by Gasteiger charge is 2.36. The second kappa shape index (κ2) is 16.5. The van der Waals surface area contributed by atoms with Crippen LogP contribution in [0.4, 0.5) is 15.8 Å². The van der Waals surface area contributed by atoms with Gasteiger partial charge in [0.1, 0.15) is 17.9 Å². The molecule has 4 N–H and O–H groups in total. The molecule has 2 aromatic carbocycles. The molecular weight excluding hydrogens is 566 g/mol. The van der Waals surface area contributed by atoms with Crippen LogP contribution in [-0.4, -0.2) is 77.9 Å². The molecule has 0 bridgehead atoms. The van der Waals surface area contributed by atoms with Crippen LogP contribution in [0.3, 0.4) is 0 Å². The standard InChI is InChI=1S/C27H35Cl2FN4O4S/c1-18(31)25(35)32-22(16-19-8-9-21(30)24(17-19)33(13-11-28)14-12-29)26(36)34(20-6-4-3-5-7-20)23(27(37)38)10-15-39-2/h3-9,17-18,22-23H,10-16,31H2,1-2H3,(H,32,35)(H,37,38)/t18-,22-,23-/m0/s1. The van der Waals surface area contributed by atoms with Crippen molar-refractivity contribution in [2.45, 2.75) is 37.9 Å². The molecule has 214 valence electrons. The van der Waals surface area contributed by atoms with Gasteiger partial charge in [-0.25, -0.2) is 9.18 Å². The zero-order valence-corrected chi connectivity index (χ0v) is 24.3. The van der Waals surface area contributed by atoms with Gasteiger partial charge in [-0.3, -0.25) is 14.5 Å². The summed E-state index contributed by atoms with van der Waals surface area (Å²) in [6, 6.07) is 9.57. The Morgan fingerprint density at radius 2 is 1.74 bits per heavy atom. The molecule has 2 amide bonds. The van der Waals surface area contributed by atoms with Gasteiger partial charge in [0, 0.05) is 37.0 Å². The van der Waals surface area contributed by atoms with Crippen molar-refractivity contribution in [1.29, 1.82) is 0 Å². The van der Waals surface area contributed by atoms with E-state index in [2.05, 4.69) is 5.32 Å². The van der Waals surface area contributed by atoms with Crippen LogP contribution in [0.2, 0.25) is 0 Å². The zero-order chi connectivity index (χ0) is 28.9. The molecule has 39 heavy (non-hydrogen) atoms. The van der Waals surface area contributed by atoms with Crippen molar-refractivity contribution in [3.05, 3.63) is 59.9 Å². The van der Waals surface area contributed by atoms with Crippen molar-refractivity contribution < 1.29 is 23.9 Å². The molecule has 0 aliphatic rings. The van der Waals surface area contributed by atoms with Crippen LogP contribution < -0.4 is 20.9 Å². The van der Waals surface area contributed by atoms with Gasteiger partial charge < -0.3 is 21.1 Å². The van der Waals surface area contributed by atoms with Crippen LogP contribution in [0, 0.1) is 5.82 Å². The number of para-hydroxylation sites is 1. The van der Waals surface area contributed by atoms with Crippen molar-refractivity contribution in [2.75, 3.05) is 46.7 Å². The lowest BCUT2D eigenvalue weighted by Crippen LogP contribution is -2.57. The minimum absolute atomic E-state index is 0.0294. The number of nitrogens with zero attached hydrogens (tertiary/aromatic N) is 2. The van der Waals surface area contributed by atoms with Gasteiger partial charge in [0.05, 0.1) is 11.7 Å². The molecule has 8 nitrogen and oxygen atoms in total. The fourth-order valence-corrected chi connectivity index (χ4v) is 4.90. The Hall–Kier alpha value is -2.53. The summed E-state index contributed by atoms with van der Waals surface area (Å²) in [5, 5.41) is 12.7. The first-order valence-electron chi connectivity index (χ1n) is 12.5. The third-order valence-electron chi connectivity index (χ3n) is 5.99. The summed E-state index contributed by atoms with van der Waals surface area (Å²) in [5.41, 5.74) is 6.97. The van der Waals surface area contributed by atoms with Crippen molar-refractivity contribution in [3.63, 3.8) is 0 Å². The fraction of sp³-hybridized carbons (Fsp3) is 0.444. The average molecular weight is 602 g/mol. The van der Waals surface area contributed by atoms with E-state index in [0.29, 0.717) is 30.1 Å². The van der Waals surface area contributed by atoms with Gasteiger partial charge in [0.15, 0.2) is 0 Å². The number of anilines is 2. The number of carbonyl (C=O) groups excluding carboxylic acids is 2. The van der Waals surface area contributed by atoms with Gasteiger partial charge in [-0.1, -0.05) is 24.3 Å². The number of benzene rings is 2. The number of carboxylic acids is 1. The molecule has 0 fully saturated rings. The molecule has 0 spiro atoms. The lowest BCUT2D eigenvalue weighted by molar-refractivity contribution is -0.140. The van der Waals surface area contributed by atoms with Crippen molar-refractivity contribution in [1.82, 2.24) is 5.32 Å². The summed E-state index contributed by atoms with van der Waals surface area (Å²) < 4.78 is 14.8. The number of thioether (sulfide) groups is 1. The predicted octanol–water partition coefficient (Wildman–Crippen LogP) is 3.72.